The molecule has 2 rings (SSSR count). The maximum Gasteiger partial charge on any atom is 0.389 e. The SMILES string of the molecule is O=S(=O)(CCCC(F)(F)F)Nc1ccccc1-n1cnnn1. The summed E-state index contributed by atoms with van der Waals surface area (Å²) in [7, 11) is -3.90. The number of nitrogens with one attached hydrogen (secondary N) is 1. The first-order chi connectivity index (χ1) is 10.3. The number of hydrogen-bond acceptors (Lipinski definition) is 5. The second-order valence-electron chi connectivity index (χ2n) is 4.41. The Balaban J connectivity index is 2.10. The number of aromatic nitrogens is 4. The second kappa shape index (κ2) is 6.30. The predicted octanol–water partition coefficient (Wildman–Crippen LogP) is 1.75. The third-order valence-corrected chi connectivity index (χ3v) is 4.00. The number of tetrazole rings is 1. The normalized spacial score (nSPS) is 12.3. The second-order valence-corrected chi connectivity index (χ2v) is 6.25. The largest absolute Gasteiger partial charge is 0.389 e. The standard InChI is InChI=1S/C11H12F3N5O2S/c12-11(13,14)6-3-7-22(20,21)16-9-4-1-2-5-10(9)19-8-15-17-18-19/h1-2,4-5,8,16H,3,6-7H2. The van der Waals surface area contributed by atoms with Crippen LogP contribution in [0.3, 0.4) is 0 Å². The molecule has 1 heterocycles. The van der Waals surface area contributed by atoms with Crippen molar-refractivity contribution >= 4 is 15.7 Å². The van der Waals surface area contributed by atoms with E-state index in [1.54, 1.807) is 18.2 Å². The molecule has 1 aromatic carbocycles. The fourth-order valence-electron chi connectivity index (χ4n) is 1.71. The van der Waals surface area contributed by atoms with Crippen LogP contribution in [-0.2, 0) is 10.0 Å². The molecule has 0 fully saturated rings. The van der Waals surface area contributed by atoms with Crippen LogP contribution in [0.2, 0.25) is 0 Å². The molecule has 1 N–H and O–H groups in total. The van der Waals surface area contributed by atoms with E-state index in [4.69, 9.17) is 0 Å². The van der Waals surface area contributed by atoms with E-state index in [1.165, 1.54) is 17.1 Å². The molecule has 22 heavy (non-hydrogen) atoms. The van der Waals surface area contributed by atoms with E-state index in [0.717, 1.165) is 0 Å². The number of benzene rings is 1. The fraction of sp³-hybridized carbons (Fsp3) is 0.364. The maximum absolute atomic E-state index is 12.1. The van der Waals surface area contributed by atoms with Crippen molar-refractivity contribution in [3.05, 3.63) is 30.6 Å². The number of anilines is 1. The molecule has 0 saturated carbocycles. The van der Waals surface area contributed by atoms with E-state index in [2.05, 4.69) is 20.2 Å². The molecule has 11 heteroatoms. The van der Waals surface area contributed by atoms with Crippen LogP contribution >= 0.6 is 0 Å². The highest BCUT2D eigenvalue weighted by atomic mass is 32.2. The summed E-state index contributed by atoms with van der Waals surface area (Å²) in [6.07, 6.45) is -4.76. The topological polar surface area (TPSA) is 89.8 Å². The Morgan fingerprint density at radius 2 is 1.95 bits per heavy atom. The molecule has 0 amide bonds. The molecular formula is C11H12F3N5O2S. The smallest absolute Gasteiger partial charge is 0.281 e. The molecule has 2 aromatic rings. The van der Waals surface area contributed by atoms with E-state index in [0.29, 0.717) is 5.69 Å². The summed E-state index contributed by atoms with van der Waals surface area (Å²) in [5, 5.41) is 10.5. The summed E-state index contributed by atoms with van der Waals surface area (Å²) < 4.78 is 63.4. The minimum absolute atomic E-state index is 0.182. The number of sulfonamides is 1. The van der Waals surface area contributed by atoms with Crippen LogP contribution in [0.25, 0.3) is 5.69 Å². The van der Waals surface area contributed by atoms with Gasteiger partial charge in [0, 0.05) is 6.42 Å². The molecule has 0 unspecified atom stereocenters. The number of nitrogens with zero attached hydrogens (tertiary/aromatic N) is 4. The Hall–Kier alpha value is -2.17. The number of para-hydroxylation sites is 2. The molecule has 120 valence electrons. The van der Waals surface area contributed by atoms with Gasteiger partial charge in [0.05, 0.1) is 17.1 Å². The Kier molecular flexibility index (Phi) is 4.64. The van der Waals surface area contributed by atoms with Gasteiger partial charge in [0.1, 0.15) is 6.33 Å². The number of halogens is 3. The van der Waals surface area contributed by atoms with Crippen molar-refractivity contribution < 1.29 is 21.6 Å². The molecule has 1 aromatic heterocycles. The van der Waals surface area contributed by atoms with Crippen molar-refractivity contribution in [3.8, 4) is 5.69 Å². The summed E-state index contributed by atoms with van der Waals surface area (Å²) in [5.41, 5.74) is 0.550. The lowest BCUT2D eigenvalue weighted by molar-refractivity contribution is -0.134. The van der Waals surface area contributed by atoms with Crippen molar-refractivity contribution in [1.29, 1.82) is 0 Å². The van der Waals surface area contributed by atoms with Crippen LogP contribution in [0.1, 0.15) is 12.8 Å². The lowest BCUT2D eigenvalue weighted by atomic mass is 10.3. The average Bonchev–Trinajstić information content (AvgIpc) is 2.90. The van der Waals surface area contributed by atoms with Crippen molar-refractivity contribution in [2.45, 2.75) is 19.0 Å². The minimum Gasteiger partial charge on any atom is -0.281 e. The van der Waals surface area contributed by atoms with Crippen molar-refractivity contribution in [2.75, 3.05) is 10.5 Å². The number of rotatable bonds is 6. The zero-order chi connectivity index (χ0) is 16.2. The molecular weight excluding hydrogens is 323 g/mol. The van der Waals surface area contributed by atoms with Gasteiger partial charge in [-0.05, 0) is 29.0 Å². The van der Waals surface area contributed by atoms with E-state index >= 15 is 0 Å². The molecule has 0 atom stereocenters. The third kappa shape index (κ3) is 4.69. The molecule has 0 aliphatic rings. The zero-order valence-electron chi connectivity index (χ0n) is 11.2. The summed E-state index contributed by atoms with van der Waals surface area (Å²) in [5.74, 6) is -0.629. The van der Waals surface area contributed by atoms with Crippen LogP contribution in [0, 0.1) is 0 Å². The first-order valence-corrected chi connectivity index (χ1v) is 7.82. The van der Waals surface area contributed by atoms with E-state index < -0.39 is 34.8 Å². The number of alkyl halides is 3. The minimum atomic E-state index is -4.38. The zero-order valence-corrected chi connectivity index (χ0v) is 12.0. The lowest BCUT2D eigenvalue weighted by Crippen LogP contribution is -2.19. The maximum atomic E-state index is 12.1. The lowest BCUT2D eigenvalue weighted by Gasteiger charge is -2.12. The van der Waals surface area contributed by atoms with Gasteiger partial charge in [0.25, 0.3) is 0 Å². The molecule has 0 bridgehead atoms. The summed E-state index contributed by atoms with van der Waals surface area (Å²) in [6.45, 7) is 0. The van der Waals surface area contributed by atoms with E-state index in [1.807, 2.05) is 0 Å². The third-order valence-electron chi connectivity index (χ3n) is 2.64. The Morgan fingerprint density at radius 1 is 1.23 bits per heavy atom. The van der Waals surface area contributed by atoms with Crippen LogP contribution in [0.5, 0.6) is 0 Å². The highest BCUT2D eigenvalue weighted by Crippen LogP contribution is 2.23. The van der Waals surface area contributed by atoms with E-state index in [-0.39, 0.29) is 5.69 Å². The molecule has 0 radical (unpaired) electrons. The summed E-state index contributed by atoms with van der Waals surface area (Å²) in [6, 6.07) is 6.28. The van der Waals surface area contributed by atoms with Gasteiger partial charge in [-0.25, -0.2) is 8.42 Å². The molecule has 0 spiro atoms. The van der Waals surface area contributed by atoms with Crippen molar-refractivity contribution in [3.63, 3.8) is 0 Å². The number of hydrogen-bond donors (Lipinski definition) is 1. The highest BCUT2D eigenvalue weighted by Gasteiger charge is 2.27. The van der Waals surface area contributed by atoms with Gasteiger partial charge in [-0.1, -0.05) is 12.1 Å². The Morgan fingerprint density at radius 3 is 2.59 bits per heavy atom. The van der Waals surface area contributed by atoms with Gasteiger partial charge >= 0.3 is 6.18 Å². The van der Waals surface area contributed by atoms with Crippen LogP contribution < -0.4 is 4.72 Å². The van der Waals surface area contributed by atoms with Crippen molar-refractivity contribution in [2.24, 2.45) is 0 Å². The van der Waals surface area contributed by atoms with Crippen LogP contribution in [0.4, 0.5) is 18.9 Å². The molecule has 0 aliphatic carbocycles. The average molecular weight is 335 g/mol. The van der Waals surface area contributed by atoms with Crippen molar-refractivity contribution in [1.82, 2.24) is 20.2 Å². The predicted molar refractivity (Wildman–Crippen MR) is 71.9 cm³/mol. The Labute approximate surface area is 124 Å². The van der Waals surface area contributed by atoms with Gasteiger partial charge in [-0.15, -0.1) is 5.10 Å². The monoisotopic (exact) mass is 335 g/mol. The molecule has 0 aliphatic heterocycles. The summed E-state index contributed by atoms with van der Waals surface area (Å²) >= 11 is 0. The molecule has 0 saturated heterocycles. The van der Waals surface area contributed by atoms with Gasteiger partial charge in [-0.3, -0.25) is 4.72 Å². The fourth-order valence-corrected chi connectivity index (χ4v) is 2.85. The Bertz CT molecular complexity index is 716. The first kappa shape index (κ1) is 16.2. The highest BCUT2D eigenvalue weighted by molar-refractivity contribution is 7.92. The first-order valence-electron chi connectivity index (χ1n) is 6.16. The van der Waals surface area contributed by atoms with Gasteiger partial charge in [-0.2, -0.15) is 17.9 Å². The van der Waals surface area contributed by atoms with Crippen LogP contribution in [-0.4, -0.2) is 40.6 Å². The van der Waals surface area contributed by atoms with E-state index in [9.17, 15) is 21.6 Å². The van der Waals surface area contributed by atoms with Gasteiger partial charge in [0.2, 0.25) is 10.0 Å². The molecule has 7 nitrogen and oxygen atoms in total. The van der Waals surface area contributed by atoms with Gasteiger partial charge < -0.3 is 0 Å². The van der Waals surface area contributed by atoms with Crippen LogP contribution in [0.15, 0.2) is 30.6 Å². The quantitative estimate of drug-likeness (QED) is 0.868. The summed E-state index contributed by atoms with van der Waals surface area (Å²) in [4.78, 5) is 0. The van der Waals surface area contributed by atoms with Gasteiger partial charge in [0.15, 0.2) is 0 Å².